The van der Waals surface area contributed by atoms with Crippen LogP contribution in [-0.4, -0.2) is 19.5 Å². The SMILES string of the molecule is Cc1cccc2c1N(C)C(=O)C(C)CN2. The van der Waals surface area contributed by atoms with Crippen LogP contribution < -0.4 is 10.2 Å². The first-order valence-electron chi connectivity index (χ1n) is 5.22. The molecule has 80 valence electrons. The minimum Gasteiger partial charge on any atom is -0.383 e. The Morgan fingerprint density at radius 2 is 2.20 bits per heavy atom. The molecule has 0 spiro atoms. The van der Waals surface area contributed by atoms with Gasteiger partial charge in [-0.05, 0) is 18.6 Å². The quantitative estimate of drug-likeness (QED) is 0.701. The van der Waals surface area contributed by atoms with Crippen molar-refractivity contribution >= 4 is 17.3 Å². The predicted molar refractivity (Wildman–Crippen MR) is 62.2 cm³/mol. The standard InChI is InChI=1S/C12H16N2O/c1-8-5-4-6-10-11(8)14(3)12(15)9(2)7-13-10/h4-6,9,13H,7H2,1-3H3. The highest BCUT2D eigenvalue weighted by Crippen LogP contribution is 2.32. The summed E-state index contributed by atoms with van der Waals surface area (Å²) < 4.78 is 0. The third kappa shape index (κ3) is 1.58. The molecule has 1 N–H and O–H groups in total. The fourth-order valence-corrected chi connectivity index (χ4v) is 2.04. The zero-order valence-electron chi connectivity index (χ0n) is 9.37. The molecule has 1 unspecified atom stereocenters. The molecule has 0 radical (unpaired) electrons. The molecule has 3 heteroatoms. The lowest BCUT2D eigenvalue weighted by Crippen LogP contribution is -2.32. The Labute approximate surface area is 90.1 Å². The summed E-state index contributed by atoms with van der Waals surface area (Å²) in [4.78, 5) is 13.7. The van der Waals surface area contributed by atoms with Crippen LogP contribution in [0.3, 0.4) is 0 Å². The largest absolute Gasteiger partial charge is 0.383 e. The number of anilines is 2. The smallest absolute Gasteiger partial charge is 0.231 e. The maximum atomic E-state index is 11.9. The summed E-state index contributed by atoms with van der Waals surface area (Å²) in [5.74, 6) is 0.206. The van der Waals surface area contributed by atoms with Crippen LogP contribution in [-0.2, 0) is 4.79 Å². The molecular weight excluding hydrogens is 188 g/mol. The number of nitrogens with zero attached hydrogens (tertiary/aromatic N) is 1. The molecule has 1 aromatic carbocycles. The molecule has 1 amide bonds. The van der Waals surface area contributed by atoms with Crippen LogP contribution in [0.4, 0.5) is 11.4 Å². The van der Waals surface area contributed by atoms with E-state index in [1.807, 2.05) is 39.1 Å². The van der Waals surface area contributed by atoms with Crippen LogP contribution in [0, 0.1) is 12.8 Å². The van der Waals surface area contributed by atoms with Crippen molar-refractivity contribution in [1.82, 2.24) is 0 Å². The summed E-state index contributed by atoms with van der Waals surface area (Å²) in [6.45, 7) is 4.69. The topological polar surface area (TPSA) is 32.3 Å². The van der Waals surface area contributed by atoms with Crippen molar-refractivity contribution in [2.24, 2.45) is 5.92 Å². The van der Waals surface area contributed by atoms with Crippen LogP contribution >= 0.6 is 0 Å². The van der Waals surface area contributed by atoms with Gasteiger partial charge in [0.1, 0.15) is 0 Å². The van der Waals surface area contributed by atoms with E-state index in [1.54, 1.807) is 4.90 Å². The highest BCUT2D eigenvalue weighted by Gasteiger charge is 2.25. The van der Waals surface area contributed by atoms with Crippen molar-refractivity contribution in [1.29, 1.82) is 0 Å². The number of benzene rings is 1. The van der Waals surface area contributed by atoms with Gasteiger partial charge in [0, 0.05) is 13.6 Å². The van der Waals surface area contributed by atoms with Gasteiger partial charge in [-0.25, -0.2) is 0 Å². The Hall–Kier alpha value is -1.51. The Balaban J connectivity index is 2.53. The van der Waals surface area contributed by atoms with E-state index < -0.39 is 0 Å². The maximum absolute atomic E-state index is 11.9. The van der Waals surface area contributed by atoms with E-state index >= 15 is 0 Å². The van der Waals surface area contributed by atoms with Crippen LogP contribution in [0.2, 0.25) is 0 Å². The van der Waals surface area contributed by atoms with Crippen molar-refractivity contribution < 1.29 is 4.79 Å². The van der Waals surface area contributed by atoms with E-state index in [9.17, 15) is 4.79 Å². The molecule has 1 atom stereocenters. The average molecular weight is 204 g/mol. The summed E-state index contributed by atoms with van der Waals surface area (Å²) >= 11 is 0. The molecule has 1 heterocycles. The molecule has 0 fully saturated rings. The highest BCUT2D eigenvalue weighted by atomic mass is 16.2. The Morgan fingerprint density at radius 3 is 2.93 bits per heavy atom. The van der Waals surface area contributed by atoms with Crippen LogP contribution in [0.1, 0.15) is 12.5 Å². The normalized spacial score (nSPS) is 20.6. The number of fused-ring (bicyclic) bond motifs is 1. The number of aryl methyl sites for hydroxylation is 1. The number of hydrogen-bond donors (Lipinski definition) is 1. The first-order valence-corrected chi connectivity index (χ1v) is 5.22. The second-order valence-electron chi connectivity index (χ2n) is 4.15. The summed E-state index contributed by atoms with van der Waals surface area (Å²) in [6, 6.07) is 6.06. The van der Waals surface area contributed by atoms with E-state index in [0.717, 1.165) is 16.9 Å². The van der Waals surface area contributed by atoms with Crippen LogP contribution in [0.15, 0.2) is 18.2 Å². The lowest BCUT2D eigenvalue weighted by atomic mass is 10.1. The fraction of sp³-hybridized carbons (Fsp3) is 0.417. The van der Waals surface area contributed by atoms with E-state index in [0.29, 0.717) is 6.54 Å². The Morgan fingerprint density at radius 1 is 1.47 bits per heavy atom. The number of amides is 1. The fourth-order valence-electron chi connectivity index (χ4n) is 2.04. The second kappa shape index (κ2) is 3.57. The van der Waals surface area contributed by atoms with Gasteiger partial charge >= 0.3 is 0 Å². The third-order valence-corrected chi connectivity index (χ3v) is 2.92. The van der Waals surface area contributed by atoms with E-state index in [1.165, 1.54) is 0 Å². The lowest BCUT2D eigenvalue weighted by Gasteiger charge is -2.20. The molecule has 1 aromatic rings. The van der Waals surface area contributed by atoms with E-state index in [-0.39, 0.29) is 11.8 Å². The van der Waals surface area contributed by atoms with Crippen molar-refractivity contribution in [3.8, 4) is 0 Å². The van der Waals surface area contributed by atoms with Gasteiger partial charge in [-0.15, -0.1) is 0 Å². The summed E-state index contributed by atoms with van der Waals surface area (Å²) in [6.07, 6.45) is 0. The van der Waals surface area contributed by atoms with Gasteiger partial charge in [0.2, 0.25) is 5.91 Å². The van der Waals surface area contributed by atoms with Gasteiger partial charge in [0.15, 0.2) is 0 Å². The first kappa shape index (κ1) is 10.0. The molecule has 0 saturated carbocycles. The van der Waals surface area contributed by atoms with Crippen molar-refractivity contribution in [2.75, 3.05) is 23.8 Å². The summed E-state index contributed by atoms with van der Waals surface area (Å²) in [5.41, 5.74) is 3.19. The molecule has 0 saturated heterocycles. The maximum Gasteiger partial charge on any atom is 0.231 e. The van der Waals surface area contributed by atoms with Crippen molar-refractivity contribution in [3.05, 3.63) is 23.8 Å². The van der Waals surface area contributed by atoms with Gasteiger partial charge in [-0.3, -0.25) is 4.79 Å². The third-order valence-electron chi connectivity index (χ3n) is 2.92. The molecular formula is C12H16N2O. The van der Waals surface area contributed by atoms with Crippen LogP contribution in [0.25, 0.3) is 0 Å². The molecule has 1 aliphatic rings. The molecule has 0 aromatic heterocycles. The molecule has 2 rings (SSSR count). The summed E-state index contributed by atoms with van der Waals surface area (Å²) in [7, 11) is 1.84. The number of hydrogen-bond acceptors (Lipinski definition) is 2. The number of nitrogens with one attached hydrogen (secondary N) is 1. The zero-order valence-corrected chi connectivity index (χ0v) is 9.37. The van der Waals surface area contributed by atoms with Gasteiger partial charge in [0.25, 0.3) is 0 Å². The second-order valence-corrected chi connectivity index (χ2v) is 4.15. The predicted octanol–water partition coefficient (Wildman–Crippen LogP) is 2.02. The minimum absolute atomic E-state index is 0.0294. The molecule has 0 bridgehead atoms. The average Bonchev–Trinajstić information content (AvgIpc) is 2.32. The number of carbonyl (C=O) groups is 1. The van der Waals surface area contributed by atoms with Gasteiger partial charge in [-0.1, -0.05) is 19.1 Å². The van der Waals surface area contributed by atoms with Gasteiger partial charge in [-0.2, -0.15) is 0 Å². The monoisotopic (exact) mass is 204 g/mol. The molecule has 1 aliphatic heterocycles. The van der Waals surface area contributed by atoms with Gasteiger partial charge < -0.3 is 10.2 Å². The Bertz CT molecular complexity index is 401. The lowest BCUT2D eigenvalue weighted by molar-refractivity contribution is -0.121. The molecule has 3 nitrogen and oxygen atoms in total. The number of para-hydroxylation sites is 1. The number of rotatable bonds is 0. The van der Waals surface area contributed by atoms with Crippen molar-refractivity contribution in [3.63, 3.8) is 0 Å². The van der Waals surface area contributed by atoms with Crippen LogP contribution in [0.5, 0.6) is 0 Å². The molecule has 0 aliphatic carbocycles. The van der Waals surface area contributed by atoms with Crippen molar-refractivity contribution in [2.45, 2.75) is 13.8 Å². The minimum atomic E-state index is 0.0294. The first-order chi connectivity index (χ1) is 7.11. The zero-order chi connectivity index (χ0) is 11.0. The molecule has 15 heavy (non-hydrogen) atoms. The van der Waals surface area contributed by atoms with E-state index in [2.05, 4.69) is 5.32 Å². The summed E-state index contributed by atoms with van der Waals surface area (Å²) in [5, 5.41) is 3.31. The van der Waals surface area contributed by atoms with E-state index in [4.69, 9.17) is 0 Å². The Kier molecular flexibility index (Phi) is 2.39. The van der Waals surface area contributed by atoms with Gasteiger partial charge in [0.05, 0.1) is 17.3 Å². The highest BCUT2D eigenvalue weighted by molar-refractivity contribution is 6.00. The number of carbonyl (C=O) groups excluding carboxylic acids is 1.